The van der Waals surface area contributed by atoms with Crippen molar-refractivity contribution >= 4 is 22.7 Å². The maximum absolute atomic E-state index is 12.0. The first kappa shape index (κ1) is 16.3. The van der Waals surface area contributed by atoms with Gasteiger partial charge in [0.15, 0.2) is 0 Å². The molecule has 25 heavy (non-hydrogen) atoms. The summed E-state index contributed by atoms with van der Waals surface area (Å²) < 4.78 is 5.56. The van der Waals surface area contributed by atoms with Gasteiger partial charge in [0.25, 0.3) is 0 Å². The average molecular weight is 340 g/mol. The Labute approximate surface area is 147 Å². The molecule has 3 heterocycles. The number of aryl methyl sites for hydroxylation is 3. The van der Waals surface area contributed by atoms with Crippen molar-refractivity contribution in [2.45, 2.75) is 27.2 Å². The predicted octanol–water partition coefficient (Wildman–Crippen LogP) is 3.09. The van der Waals surface area contributed by atoms with Gasteiger partial charge in [0.05, 0.1) is 17.5 Å². The third kappa shape index (κ3) is 2.41. The summed E-state index contributed by atoms with van der Waals surface area (Å²) in [5.41, 5.74) is 3.91. The SMILES string of the molecule is Cc1ccc2c(C)cc(N3C[C@@H]4COCC[C@]4(C(=O)O)C3)nc2c1C. The lowest BCUT2D eigenvalue weighted by molar-refractivity contribution is -0.157. The summed E-state index contributed by atoms with van der Waals surface area (Å²) in [5.74, 6) is 0.205. The Morgan fingerprint density at radius 3 is 2.84 bits per heavy atom. The number of fused-ring (bicyclic) bond motifs is 2. The molecule has 2 fully saturated rings. The number of carboxylic acids is 1. The van der Waals surface area contributed by atoms with Crippen molar-refractivity contribution in [3.63, 3.8) is 0 Å². The lowest BCUT2D eigenvalue weighted by Crippen LogP contribution is -2.44. The third-order valence-corrected chi connectivity index (χ3v) is 6.16. The van der Waals surface area contributed by atoms with Crippen molar-refractivity contribution < 1.29 is 14.6 Å². The number of carbonyl (C=O) groups is 1. The van der Waals surface area contributed by atoms with Crippen molar-refractivity contribution in [1.82, 2.24) is 4.98 Å². The smallest absolute Gasteiger partial charge is 0.311 e. The zero-order valence-corrected chi connectivity index (χ0v) is 15.0. The number of hydrogen-bond acceptors (Lipinski definition) is 4. The van der Waals surface area contributed by atoms with Crippen LogP contribution in [-0.4, -0.2) is 42.4 Å². The van der Waals surface area contributed by atoms with Crippen LogP contribution in [0.15, 0.2) is 18.2 Å². The first-order chi connectivity index (χ1) is 11.9. The van der Waals surface area contributed by atoms with Crippen molar-refractivity contribution in [3.8, 4) is 0 Å². The van der Waals surface area contributed by atoms with E-state index in [1.165, 1.54) is 22.1 Å². The maximum Gasteiger partial charge on any atom is 0.311 e. The van der Waals surface area contributed by atoms with Gasteiger partial charge < -0.3 is 14.7 Å². The van der Waals surface area contributed by atoms with Crippen molar-refractivity contribution in [2.24, 2.45) is 11.3 Å². The molecule has 4 rings (SSSR count). The quantitative estimate of drug-likeness (QED) is 0.910. The molecule has 0 radical (unpaired) electrons. The molecule has 5 heteroatoms. The fraction of sp³-hybridized carbons (Fsp3) is 0.500. The van der Waals surface area contributed by atoms with E-state index in [2.05, 4.69) is 43.9 Å². The molecule has 0 spiro atoms. The number of nitrogens with zero attached hydrogens (tertiary/aromatic N) is 2. The number of ether oxygens (including phenoxy) is 1. The van der Waals surface area contributed by atoms with Crippen LogP contribution in [0.5, 0.6) is 0 Å². The Balaban J connectivity index is 1.78. The summed E-state index contributed by atoms with van der Waals surface area (Å²) in [6, 6.07) is 6.35. The van der Waals surface area contributed by atoms with Crippen LogP contribution in [0.4, 0.5) is 5.82 Å². The number of anilines is 1. The molecule has 0 aliphatic carbocycles. The first-order valence-corrected chi connectivity index (χ1v) is 8.86. The highest BCUT2D eigenvalue weighted by Crippen LogP contribution is 2.44. The minimum absolute atomic E-state index is 0.0233. The standard InChI is InChI=1S/C20H24N2O3/c1-12-4-5-16-13(2)8-17(21-18(16)14(12)3)22-9-15-10-25-7-6-20(15,11-22)19(23)24/h4-5,8,15H,6-7,9-11H2,1-3H3,(H,23,24)/t15-,20+/m1/s1. The zero-order valence-electron chi connectivity index (χ0n) is 15.0. The molecule has 2 aliphatic heterocycles. The number of pyridine rings is 1. The number of rotatable bonds is 2. The van der Waals surface area contributed by atoms with E-state index in [1.54, 1.807) is 0 Å². The molecule has 2 saturated heterocycles. The lowest BCUT2D eigenvalue weighted by atomic mass is 9.74. The van der Waals surface area contributed by atoms with Gasteiger partial charge in [-0.1, -0.05) is 12.1 Å². The zero-order chi connectivity index (χ0) is 17.8. The molecule has 1 aromatic carbocycles. The van der Waals surface area contributed by atoms with Crippen LogP contribution >= 0.6 is 0 Å². The highest BCUT2D eigenvalue weighted by atomic mass is 16.5. The fourth-order valence-electron chi connectivity index (χ4n) is 4.32. The normalized spacial score (nSPS) is 26.0. The van der Waals surface area contributed by atoms with Crippen molar-refractivity contribution in [3.05, 3.63) is 34.9 Å². The van der Waals surface area contributed by atoms with E-state index in [9.17, 15) is 9.90 Å². The highest BCUT2D eigenvalue weighted by Gasteiger charge is 2.54. The number of aliphatic carboxylic acids is 1. The van der Waals surface area contributed by atoms with Crippen molar-refractivity contribution in [1.29, 1.82) is 0 Å². The molecule has 0 bridgehead atoms. The summed E-state index contributed by atoms with van der Waals surface area (Å²) in [4.78, 5) is 19.1. The van der Waals surface area contributed by atoms with E-state index < -0.39 is 11.4 Å². The van der Waals surface area contributed by atoms with E-state index in [1.807, 2.05) is 0 Å². The van der Waals surface area contributed by atoms with Gasteiger partial charge in [0, 0.05) is 31.0 Å². The van der Waals surface area contributed by atoms with Gasteiger partial charge in [-0.3, -0.25) is 4.79 Å². The van der Waals surface area contributed by atoms with Crippen LogP contribution in [0, 0.1) is 32.1 Å². The van der Waals surface area contributed by atoms with Gasteiger partial charge in [-0.15, -0.1) is 0 Å². The van der Waals surface area contributed by atoms with E-state index in [0.717, 1.165) is 11.3 Å². The maximum atomic E-state index is 12.0. The van der Waals surface area contributed by atoms with E-state index in [0.29, 0.717) is 32.7 Å². The monoisotopic (exact) mass is 340 g/mol. The van der Waals surface area contributed by atoms with Crippen LogP contribution in [0.25, 0.3) is 10.9 Å². The van der Waals surface area contributed by atoms with Gasteiger partial charge in [-0.25, -0.2) is 4.98 Å². The minimum Gasteiger partial charge on any atom is -0.481 e. The van der Waals surface area contributed by atoms with Gasteiger partial charge >= 0.3 is 5.97 Å². The number of benzene rings is 1. The summed E-state index contributed by atoms with van der Waals surface area (Å²) in [6.07, 6.45) is 0.578. The Hall–Kier alpha value is -2.14. The molecule has 5 nitrogen and oxygen atoms in total. The van der Waals surface area contributed by atoms with Gasteiger partial charge in [-0.05, 0) is 49.9 Å². The fourth-order valence-corrected chi connectivity index (χ4v) is 4.32. The Morgan fingerprint density at radius 1 is 1.32 bits per heavy atom. The molecular weight excluding hydrogens is 316 g/mol. The van der Waals surface area contributed by atoms with Gasteiger partial charge in [0.1, 0.15) is 5.82 Å². The summed E-state index contributed by atoms with van der Waals surface area (Å²) in [5, 5.41) is 11.0. The number of carboxylic acid groups (broad SMARTS) is 1. The largest absolute Gasteiger partial charge is 0.481 e. The summed E-state index contributed by atoms with van der Waals surface area (Å²) in [7, 11) is 0. The second-order valence-electron chi connectivity index (χ2n) is 7.56. The predicted molar refractivity (Wildman–Crippen MR) is 97.2 cm³/mol. The molecule has 2 aromatic rings. The van der Waals surface area contributed by atoms with Crippen LogP contribution in [0.2, 0.25) is 0 Å². The van der Waals surface area contributed by atoms with Crippen LogP contribution in [0.3, 0.4) is 0 Å². The second-order valence-corrected chi connectivity index (χ2v) is 7.56. The molecule has 0 saturated carbocycles. The Morgan fingerprint density at radius 2 is 2.12 bits per heavy atom. The first-order valence-electron chi connectivity index (χ1n) is 8.86. The molecule has 1 N–H and O–H groups in total. The molecule has 132 valence electrons. The number of hydrogen-bond donors (Lipinski definition) is 1. The van der Waals surface area contributed by atoms with E-state index in [-0.39, 0.29) is 5.92 Å². The van der Waals surface area contributed by atoms with E-state index >= 15 is 0 Å². The summed E-state index contributed by atoms with van der Waals surface area (Å²) in [6.45, 7) is 8.55. The molecule has 2 aliphatic rings. The van der Waals surface area contributed by atoms with Crippen LogP contribution < -0.4 is 4.90 Å². The van der Waals surface area contributed by atoms with Gasteiger partial charge in [0.2, 0.25) is 0 Å². The molecular formula is C20H24N2O3. The van der Waals surface area contributed by atoms with Crippen LogP contribution in [-0.2, 0) is 9.53 Å². The Kier molecular flexibility index (Phi) is 3.72. The van der Waals surface area contributed by atoms with E-state index in [4.69, 9.17) is 9.72 Å². The lowest BCUT2D eigenvalue weighted by Gasteiger charge is -2.33. The molecule has 0 amide bonds. The minimum atomic E-state index is -0.704. The topological polar surface area (TPSA) is 62.7 Å². The molecule has 0 unspecified atom stereocenters. The number of aromatic nitrogens is 1. The third-order valence-electron chi connectivity index (χ3n) is 6.16. The second kappa shape index (κ2) is 5.70. The van der Waals surface area contributed by atoms with Crippen LogP contribution in [0.1, 0.15) is 23.1 Å². The van der Waals surface area contributed by atoms with Gasteiger partial charge in [-0.2, -0.15) is 0 Å². The van der Waals surface area contributed by atoms with Crippen molar-refractivity contribution in [2.75, 3.05) is 31.2 Å². The molecule has 2 atom stereocenters. The Bertz CT molecular complexity index is 864. The molecule has 1 aromatic heterocycles. The summed E-state index contributed by atoms with van der Waals surface area (Å²) >= 11 is 0. The highest BCUT2D eigenvalue weighted by molar-refractivity contribution is 5.87. The average Bonchev–Trinajstić information content (AvgIpc) is 2.99.